The van der Waals surface area contributed by atoms with Crippen LogP contribution in [-0.4, -0.2) is 29.6 Å². The van der Waals surface area contributed by atoms with Gasteiger partial charge in [-0.15, -0.1) is 11.6 Å². The lowest BCUT2D eigenvalue weighted by Gasteiger charge is -2.28. The summed E-state index contributed by atoms with van der Waals surface area (Å²) in [6, 6.07) is 0. The zero-order valence-electron chi connectivity index (χ0n) is 13.3. The van der Waals surface area contributed by atoms with Crippen molar-refractivity contribution in [1.29, 1.82) is 0 Å². The van der Waals surface area contributed by atoms with Gasteiger partial charge in [0.05, 0.1) is 11.5 Å². The largest absolute Gasteiger partial charge is 0.380 e. The highest BCUT2D eigenvalue weighted by atomic mass is 35.5. The van der Waals surface area contributed by atoms with Crippen molar-refractivity contribution in [3.8, 4) is 0 Å². The van der Waals surface area contributed by atoms with Crippen molar-refractivity contribution in [2.45, 2.75) is 88.9 Å². The van der Waals surface area contributed by atoms with Gasteiger partial charge in [0, 0.05) is 12.4 Å². The van der Waals surface area contributed by atoms with Crippen LogP contribution in [0.5, 0.6) is 0 Å². The number of alkyl halides is 1. The van der Waals surface area contributed by atoms with E-state index in [4.69, 9.17) is 16.3 Å². The smallest absolute Gasteiger partial charge is 0.0745 e. The number of methoxy groups -OCH3 is 1. The molecule has 0 aliphatic carbocycles. The van der Waals surface area contributed by atoms with Gasteiger partial charge in [-0.05, 0) is 25.0 Å². The van der Waals surface area contributed by atoms with E-state index in [1.807, 2.05) is 0 Å². The summed E-state index contributed by atoms with van der Waals surface area (Å²) in [5, 5.41) is 0.707. The van der Waals surface area contributed by atoms with Gasteiger partial charge < -0.3 is 4.74 Å². The Morgan fingerprint density at radius 2 is 1.63 bits per heavy atom. The number of rotatable bonds is 13. The van der Waals surface area contributed by atoms with Crippen LogP contribution in [0, 0.1) is 0 Å². The Hall–Kier alpha value is 0.600. The highest BCUT2D eigenvalue weighted by molar-refractivity contribution is 8.00. The molecule has 1 nitrogen and oxygen atoms in total. The van der Waals surface area contributed by atoms with Gasteiger partial charge in [-0.1, -0.05) is 52.9 Å². The average molecular weight is 309 g/mol. The van der Waals surface area contributed by atoms with Crippen molar-refractivity contribution in [3.05, 3.63) is 0 Å². The summed E-state index contributed by atoms with van der Waals surface area (Å²) >= 11 is 8.76. The molecule has 3 unspecified atom stereocenters. The maximum Gasteiger partial charge on any atom is 0.0745 e. The minimum absolute atomic E-state index is 0.156. The number of ether oxygens (including phenoxy) is 1. The number of hydrogen-bond donors (Lipinski definition) is 0. The molecule has 0 aromatic rings. The Labute approximate surface area is 130 Å². The second-order valence-electron chi connectivity index (χ2n) is 5.27. The average Bonchev–Trinajstić information content (AvgIpc) is 2.43. The first-order valence-corrected chi connectivity index (χ1v) is 9.48. The fourth-order valence-corrected chi connectivity index (χ4v) is 4.20. The normalized spacial score (nSPS) is 16.3. The van der Waals surface area contributed by atoms with Crippen LogP contribution in [0.3, 0.4) is 0 Å². The molecule has 19 heavy (non-hydrogen) atoms. The van der Waals surface area contributed by atoms with Crippen molar-refractivity contribution in [2.24, 2.45) is 0 Å². The number of unbranched alkanes of at least 4 members (excludes halogenated alkanes) is 3. The highest BCUT2D eigenvalue weighted by Crippen LogP contribution is 2.29. The van der Waals surface area contributed by atoms with Crippen LogP contribution in [0.2, 0.25) is 0 Å². The maximum absolute atomic E-state index is 6.69. The minimum Gasteiger partial charge on any atom is -0.380 e. The lowest BCUT2D eigenvalue weighted by molar-refractivity contribution is 0.0895. The molecule has 0 aromatic heterocycles. The van der Waals surface area contributed by atoms with Gasteiger partial charge in [0.15, 0.2) is 0 Å². The molecule has 0 spiro atoms. The zero-order chi connectivity index (χ0) is 14.5. The molecule has 0 aliphatic rings. The predicted octanol–water partition coefficient (Wildman–Crippen LogP) is 5.89. The van der Waals surface area contributed by atoms with E-state index in [9.17, 15) is 0 Å². The number of halogens is 1. The lowest BCUT2D eigenvalue weighted by atomic mass is 10.0. The zero-order valence-corrected chi connectivity index (χ0v) is 14.9. The van der Waals surface area contributed by atoms with Gasteiger partial charge in [-0.2, -0.15) is 11.8 Å². The van der Waals surface area contributed by atoms with E-state index >= 15 is 0 Å². The second kappa shape index (κ2) is 13.6. The van der Waals surface area contributed by atoms with Crippen molar-refractivity contribution in [1.82, 2.24) is 0 Å². The van der Waals surface area contributed by atoms with Crippen LogP contribution in [0.4, 0.5) is 0 Å². The van der Waals surface area contributed by atoms with E-state index < -0.39 is 0 Å². The molecule has 0 bridgehead atoms. The third-order valence-corrected chi connectivity index (χ3v) is 5.72. The molecule has 0 heterocycles. The first-order valence-electron chi connectivity index (χ1n) is 7.99. The van der Waals surface area contributed by atoms with Crippen LogP contribution in [0.15, 0.2) is 0 Å². The van der Waals surface area contributed by atoms with Crippen molar-refractivity contribution in [2.75, 3.05) is 12.9 Å². The summed E-state index contributed by atoms with van der Waals surface area (Å²) < 4.78 is 5.60. The third kappa shape index (κ3) is 9.20. The first-order chi connectivity index (χ1) is 9.21. The lowest BCUT2D eigenvalue weighted by Crippen LogP contribution is -2.32. The molecule has 0 radical (unpaired) electrons. The summed E-state index contributed by atoms with van der Waals surface area (Å²) in [6.07, 6.45) is 10.1. The molecule has 3 heteroatoms. The number of thioether (sulfide) groups is 1. The van der Waals surface area contributed by atoms with E-state index in [0.717, 1.165) is 12.8 Å². The van der Waals surface area contributed by atoms with Crippen LogP contribution in [-0.2, 0) is 4.74 Å². The standard InChI is InChI=1S/C16H33ClOS/c1-5-8-10-13-19-15(12-9-6-2)16(17)14(18-4)11-7-3/h14-16H,5-13H2,1-4H3. The van der Waals surface area contributed by atoms with E-state index in [0.29, 0.717) is 5.25 Å². The van der Waals surface area contributed by atoms with Crippen LogP contribution in [0.25, 0.3) is 0 Å². The summed E-state index contributed by atoms with van der Waals surface area (Å²) in [7, 11) is 1.80. The Kier molecular flexibility index (Phi) is 14.0. The second-order valence-corrected chi connectivity index (χ2v) is 7.12. The molecular weight excluding hydrogens is 276 g/mol. The van der Waals surface area contributed by atoms with E-state index in [-0.39, 0.29) is 11.5 Å². The molecule has 3 atom stereocenters. The Bertz CT molecular complexity index is 190. The van der Waals surface area contributed by atoms with Crippen molar-refractivity contribution in [3.63, 3.8) is 0 Å². The Morgan fingerprint density at radius 1 is 0.947 bits per heavy atom. The molecule has 0 N–H and O–H groups in total. The molecule has 0 fully saturated rings. The van der Waals surface area contributed by atoms with E-state index in [1.54, 1.807) is 7.11 Å². The van der Waals surface area contributed by atoms with Crippen LogP contribution >= 0.6 is 23.4 Å². The van der Waals surface area contributed by atoms with Gasteiger partial charge in [-0.3, -0.25) is 0 Å². The van der Waals surface area contributed by atoms with Gasteiger partial charge >= 0.3 is 0 Å². The fourth-order valence-electron chi connectivity index (χ4n) is 2.26. The molecule has 0 rings (SSSR count). The molecule has 116 valence electrons. The minimum atomic E-state index is 0.156. The van der Waals surface area contributed by atoms with Crippen molar-refractivity contribution < 1.29 is 4.74 Å². The van der Waals surface area contributed by atoms with Gasteiger partial charge in [-0.25, -0.2) is 0 Å². The molecule has 0 aliphatic heterocycles. The fraction of sp³-hybridized carbons (Fsp3) is 1.00. The third-order valence-electron chi connectivity index (χ3n) is 3.51. The Morgan fingerprint density at radius 3 is 2.16 bits per heavy atom. The van der Waals surface area contributed by atoms with Gasteiger partial charge in [0.1, 0.15) is 0 Å². The molecular formula is C16H33ClOS. The van der Waals surface area contributed by atoms with Gasteiger partial charge in [0.2, 0.25) is 0 Å². The monoisotopic (exact) mass is 308 g/mol. The van der Waals surface area contributed by atoms with Crippen LogP contribution in [0.1, 0.15) is 72.1 Å². The summed E-state index contributed by atoms with van der Waals surface area (Å²) in [5.74, 6) is 1.24. The van der Waals surface area contributed by atoms with Crippen LogP contribution < -0.4 is 0 Å². The molecule has 0 amide bonds. The molecule has 0 saturated heterocycles. The highest BCUT2D eigenvalue weighted by Gasteiger charge is 2.27. The Balaban J connectivity index is 4.26. The summed E-state index contributed by atoms with van der Waals surface area (Å²) in [6.45, 7) is 6.71. The summed E-state index contributed by atoms with van der Waals surface area (Å²) in [4.78, 5) is 0. The van der Waals surface area contributed by atoms with E-state index in [2.05, 4.69) is 32.5 Å². The molecule has 0 aromatic carbocycles. The SMILES string of the molecule is CCCCCSC(CCCC)C(Cl)C(CCC)OC. The van der Waals surface area contributed by atoms with Gasteiger partial charge in [0.25, 0.3) is 0 Å². The number of hydrogen-bond acceptors (Lipinski definition) is 2. The van der Waals surface area contributed by atoms with E-state index in [1.165, 1.54) is 44.3 Å². The predicted molar refractivity (Wildman–Crippen MR) is 90.6 cm³/mol. The first kappa shape index (κ1) is 19.6. The topological polar surface area (TPSA) is 9.23 Å². The van der Waals surface area contributed by atoms with Crippen molar-refractivity contribution >= 4 is 23.4 Å². The maximum atomic E-state index is 6.69. The quantitative estimate of drug-likeness (QED) is 0.310. The molecule has 0 saturated carbocycles. The summed E-state index contributed by atoms with van der Waals surface area (Å²) in [5.41, 5.74) is 0.